The molecule has 240 valence electrons. The Bertz CT molecular complexity index is 1490. The van der Waals surface area contributed by atoms with Crippen LogP contribution < -0.4 is 20.9 Å². The van der Waals surface area contributed by atoms with Crippen LogP contribution >= 0.6 is 0 Å². The van der Waals surface area contributed by atoms with Crippen LogP contribution in [0.3, 0.4) is 0 Å². The summed E-state index contributed by atoms with van der Waals surface area (Å²) in [5, 5.41) is 5.91. The lowest BCUT2D eigenvalue weighted by molar-refractivity contribution is -0.150. The largest absolute Gasteiger partial charge is 0.493 e. The molecule has 2 aromatic rings. The number of carbonyl (C=O) groups is 2. The SMILES string of the molecule is CC12CC3CC(C)(C1)CC(NCCCCCCCOc1cccc4nc(C(F)(F)F)n([C@H]5CCC(=O)NC5=O)c(=O)c14)(C3)C2. The zero-order chi connectivity index (χ0) is 31.3. The van der Waals surface area contributed by atoms with Crippen molar-refractivity contribution in [1.29, 1.82) is 0 Å². The molecule has 0 radical (unpaired) electrons. The maximum atomic E-state index is 14.0. The van der Waals surface area contributed by atoms with Gasteiger partial charge in [0.05, 0.1) is 12.1 Å². The lowest BCUT2D eigenvalue weighted by Gasteiger charge is -2.65. The highest BCUT2D eigenvalue weighted by atomic mass is 19.4. The second-order valence-electron chi connectivity index (χ2n) is 14.7. The van der Waals surface area contributed by atoms with E-state index in [1.165, 1.54) is 56.7 Å². The summed E-state index contributed by atoms with van der Waals surface area (Å²) in [5.74, 6) is -2.00. The third-order valence-electron chi connectivity index (χ3n) is 10.4. The fourth-order valence-corrected chi connectivity index (χ4v) is 9.69. The molecular weight excluding hydrogens is 573 g/mol. The number of fused-ring (bicyclic) bond motifs is 1. The molecule has 2 N–H and O–H groups in total. The molecule has 5 fully saturated rings. The molecule has 1 aliphatic heterocycles. The van der Waals surface area contributed by atoms with E-state index in [1.54, 1.807) is 0 Å². The van der Waals surface area contributed by atoms with Crippen LogP contribution in [0.2, 0.25) is 0 Å². The zero-order valence-electron chi connectivity index (χ0n) is 25.7. The molecule has 2 amide bonds. The topological polar surface area (TPSA) is 102 Å². The van der Waals surface area contributed by atoms with Gasteiger partial charge in [-0.2, -0.15) is 13.2 Å². The maximum Gasteiger partial charge on any atom is 0.449 e. The predicted octanol–water partition coefficient (Wildman–Crippen LogP) is 6.06. The Hall–Kier alpha value is -2.95. The Kier molecular flexibility index (Phi) is 8.08. The minimum absolute atomic E-state index is 0.108. The number of benzene rings is 1. The van der Waals surface area contributed by atoms with Crippen molar-refractivity contribution in [2.24, 2.45) is 16.7 Å². The van der Waals surface area contributed by atoms with Crippen LogP contribution in [0.25, 0.3) is 10.9 Å². The number of ether oxygens (including phenoxy) is 1. The highest BCUT2D eigenvalue weighted by Gasteiger charge is 2.59. The number of unbranched alkanes of at least 4 members (excludes halogenated alkanes) is 4. The predicted molar refractivity (Wildman–Crippen MR) is 159 cm³/mol. The summed E-state index contributed by atoms with van der Waals surface area (Å²) in [7, 11) is 0. The minimum atomic E-state index is -4.98. The summed E-state index contributed by atoms with van der Waals surface area (Å²) in [5.41, 5.74) is 0.154. The number of carbonyl (C=O) groups excluding carboxylic acids is 2. The van der Waals surface area contributed by atoms with E-state index in [0.717, 1.165) is 44.6 Å². The van der Waals surface area contributed by atoms with Gasteiger partial charge in [0.15, 0.2) is 0 Å². The van der Waals surface area contributed by atoms with Crippen molar-refractivity contribution in [1.82, 2.24) is 20.2 Å². The van der Waals surface area contributed by atoms with Crippen LogP contribution in [-0.4, -0.2) is 40.1 Å². The van der Waals surface area contributed by atoms with Crippen LogP contribution in [-0.2, 0) is 15.8 Å². The normalized spacial score (nSPS) is 31.5. The van der Waals surface area contributed by atoms with Crippen LogP contribution in [0, 0.1) is 16.7 Å². The molecule has 4 saturated carbocycles. The third kappa shape index (κ3) is 6.13. The number of imide groups is 1. The Morgan fingerprint density at radius 3 is 2.39 bits per heavy atom. The lowest BCUT2D eigenvalue weighted by Crippen LogP contribution is -2.64. The Morgan fingerprint density at radius 2 is 1.70 bits per heavy atom. The fourth-order valence-electron chi connectivity index (χ4n) is 9.69. The van der Waals surface area contributed by atoms with Crippen molar-refractivity contribution in [3.63, 3.8) is 0 Å². The summed E-state index contributed by atoms with van der Waals surface area (Å²) in [6.07, 6.45) is 7.69. The van der Waals surface area contributed by atoms with Gasteiger partial charge in [0.2, 0.25) is 17.6 Å². The van der Waals surface area contributed by atoms with Crippen molar-refractivity contribution in [3.05, 3.63) is 34.4 Å². The van der Waals surface area contributed by atoms with Gasteiger partial charge in [-0.05, 0) is 93.2 Å². The van der Waals surface area contributed by atoms with Crippen molar-refractivity contribution < 1.29 is 27.5 Å². The van der Waals surface area contributed by atoms with Gasteiger partial charge < -0.3 is 10.1 Å². The second-order valence-corrected chi connectivity index (χ2v) is 14.7. The zero-order valence-corrected chi connectivity index (χ0v) is 25.7. The number of halogens is 3. The van der Waals surface area contributed by atoms with E-state index >= 15 is 0 Å². The van der Waals surface area contributed by atoms with Gasteiger partial charge >= 0.3 is 6.18 Å². The molecule has 8 nitrogen and oxygen atoms in total. The lowest BCUT2D eigenvalue weighted by atomic mass is 9.43. The van der Waals surface area contributed by atoms with Gasteiger partial charge in [0, 0.05) is 12.0 Å². The standard InChI is InChI=1S/C33H43F3N4O4/c1-30-15-21-16-31(2,18-30)20-32(17-21,19-30)37-13-6-4-3-5-7-14-44-24-10-8-9-22-26(24)28(43)40(29(38-22)33(34,35)36)23-11-12-25(41)39-27(23)42/h8-10,21,23,37H,3-7,11-20H2,1-2H3,(H,39,41,42)/t21?,23-,30?,31?,32?/m0/s1. The first-order valence-corrected chi connectivity index (χ1v) is 16.1. The van der Waals surface area contributed by atoms with Gasteiger partial charge in [-0.1, -0.05) is 39.2 Å². The van der Waals surface area contributed by atoms with Gasteiger partial charge in [-0.15, -0.1) is 0 Å². The van der Waals surface area contributed by atoms with E-state index in [9.17, 15) is 27.6 Å². The second kappa shape index (κ2) is 11.4. The maximum absolute atomic E-state index is 14.0. The van der Waals surface area contributed by atoms with Crippen molar-refractivity contribution in [3.8, 4) is 5.75 Å². The van der Waals surface area contributed by atoms with Crippen molar-refractivity contribution in [2.75, 3.05) is 13.2 Å². The van der Waals surface area contributed by atoms with Crippen LogP contribution in [0.1, 0.15) is 109 Å². The number of hydrogen-bond acceptors (Lipinski definition) is 6. The third-order valence-corrected chi connectivity index (χ3v) is 10.4. The molecule has 11 heteroatoms. The van der Waals surface area contributed by atoms with Crippen molar-refractivity contribution in [2.45, 2.75) is 115 Å². The molecule has 1 aromatic heterocycles. The average molecular weight is 617 g/mol. The quantitative estimate of drug-likeness (QED) is 0.235. The van der Waals surface area contributed by atoms with Gasteiger partial charge in [-0.25, -0.2) is 4.98 Å². The Balaban J connectivity index is 1.02. The van der Waals surface area contributed by atoms with E-state index in [0.29, 0.717) is 27.5 Å². The van der Waals surface area contributed by atoms with Crippen LogP contribution in [0.5, 0.6) is 5.75 Å². The number of aromatic nitrogens is 2. The number of nitrogens with one attached hydrogen (secondary N) is 2. The van der Waals surface area contributed by atoms with Gasteiger partial charge in [0.1, 0.15) is 17.2 Å². The number of hydrogen-bond donors (Lipinski definition) is 2. The molecule has 4 bridgehead atoms. The number of amides is 2. The molecule has 2 heterocycles. The summed E-state index contributed by atoms with van der Waals surface area (Å²) < 4.78 is 48.1. The molecule has 4 aliphatic carbocycles. The molecule has 3 atom stereocenters. The first-order chi connectivity index (χ1) is 20.8. The van der Waals surface area contributed by atoms with Gasteiger partial charge in [-0.3, -0.25) is 24.3 Å². The highest BCUT2D eigenvalue weighted by molar-refractivity contribution is 5.99. The molecule has 44 heavy (non-hydrogen) atoms. The smallest absolute Gasteiger partial charge is 0.449 e. The van der Waals surface area contributed by atoms with Crippen LogP contribution in [0.15, 0.2) is 23.0 Å². The summed E-state index contributed by atoms with van der Waals surface area (Å²) in [4.78, 5) is 41.2. The van der Waals surface area contributed by atoms with Crippen LogP contribution in [0.4, 0.5) is 13.2 Å². The molecule has 5 aliphatic rings. The van der Waals surface area contributed by atoms with E-state index < -0.39 is 35.4 Å². The summed E-state index contributed by atoms with van der Waals surface area (Å²) in [6, 6.07) is 2.86. The fraction of sp³-hybridized carbons (Fsp3) is 0.697. The summed E-state index contributed by atoms with van der Waals surface area (Å²) >= 11 is 0. The highest BCUT2D eigenvalue weighted by Crippen LogP contribution is 2.66. The molecular formula is C33H43F3N4O4. The number of rotatable bonds is 11. The van der Waals surface area contributed by atoms with Crippen molar-refractivity contribution >= 4 is 22.7 Å². The number of nitrogens with zero attached hydrogens (tertiary/aromatic N) is 2. The number of piperidine rings is 1. The Morgan fingerprint density at radius 1 is 1.00 bits per heavy atom. The molecule has 0 spiro atoms. The molecule has 1 saturated heterocycles. The van der Waals surface area contributed by atoms with E-state index in [2.05, 4.69) is 24.1 Å². The first kappa shape index (κ1) is 31.0. The molecule has 2 unspecified atom stereocenters. The van der Waals surface area contributed by atoms with E-state index in [4.69, 9.17) is 4.74 Å². The molecule has 7 rings (SSSR count). The first-order valence-electron chi connectivity index (χ1n) is 16.1. The van der Waals surface area contributed by atoms with E-state index in [1.807, 2.05) is 5.32 Å². The molecule has 1 aromatic carbocycles. The monoisotopic (exact) mass is 616 g/mol. The minimum Gasteiger partial charge on any atom is -0.493 e. The Labute approximate surface area is 255 Å². The average Bonchev–Trinajstić information content (AvgIpc) is 2.90. The van der Waals surface area contributed by atoms with E-state index in [-0.39, 0.29) is 29.5 Å². The van der Waals surface area contributed by atoms with Gasteiger partial charge in [0.25, 0.3) is 5.56 Å². The number of alkyl halides is 3. The summed E-state index contributed by atoms with van der Waals surface area (Å²) in [6.45, 7) is 6.34.